The van der Waals surface area contributed by atoms with E-state index in [4.69, 9.17) is 0 Å². The maximum Gasteiger partial charge on any atom is 0.421 e. The van der Waals surface area contributed by atoms with Crippen LogP contribution in [-0.4, -0.2) is 11.5 Å². The quantitative estimate of drug-likeness (QED) is 0.128. The van der Waals surface area contributed by atoms with E-state index in [1.54, 1.807) is 0 Å². The van der Waals surface area contributed by atoms with E-state index >= 15 is 0 Å². The monoisotopic (exact) mass is 677 g/mol. The van der Waals surface area contributed by atoms with Crippen LogP contribution in [0.1, 0.15) is 6.92 Å². The zero-order valence-corrected chi connectivity index (χ0v) is 29.5. The molecule has 0 N–H and O–H groups in total. The van der Waals surface area contributed by atoms with Crippen LogP contribution in [0.25, 0.3) is 60.9 Å². The smallest absolute Gasteiger partial charge is 0.361 e. The van der Waals surface area contributed by atoms with Crippen molar-refractivity contribution in [1.82, 2.24) is 4.57 Å². The van der Waals surface area contributed by atoms with E-state index < -0.39 is 0 Å². The van der Waals surface area contributed by atoms with E-state index in [1.807, 2.05) is 6.08 Å². The molecule has 0 saturated heterocycles. The number of allylic oxidation sites excluding steroid dienone is 4. The molecule has 3 heterocycles. The van der Waals surface area contributed by atoms with Crippen molar-refractivity contribution in [3.05, 3.63) is 200 Å². The van der Waals surface area contributed by atoms with Crippen molar-refractivity contribution in [2.75, 3.05) is 9.62 Å². The van der Waals surface area contributed by atoms with Gasteiger partial charge in [-0.1, -0.05) is 122 Å². The second-order valence-corrected chi connectivity index (χ2v) is 13.7. The van der Waals surface area contributed by atoms with Gasteiger partial charge in [-0.2, -0.15) is 0 Å². The van der Waals surface area contributed by atoms with Gasteiger partial charge in [0.1, 0.15) is 0 Å². The predicted octanol–water partition coefficient (Wildman–Crippen LogP) is 12.1. The Kier molecular flexibility index (Phi) is 7.29. The lowest BCUT2D eigenvalue weighted by atomic mass is 9.53. The lowest BCUT2D eigenvalue weighted by molar-refractivity contribution is 1.18. The highest BCUT2D eigenvalue weighted by molar-refractivity contribution is 6.86. The average Bonchev–Trinajstić information content (AvgIpc) is 3.55. The van der Waals surface area contributed by atoms with Gasteiger partial charge >= 0.3 is 6.98 Å². The van der Waals surface area contributed by atoms with Crippen LogP contribution in [0.3, 0.4) is 0 Å². The Morgan fingerprint density at radius 1 is 0.547 bits per heavy atom. The van der Waals surface area contributed by atoms with E-state index in [2.05, 4.69) is 210 Å². The number of rotatable bonds is 6. The molecule has 8 aromatic rings. The molecule has 1 aromatic heterocycles. The minimum absolute atomic E-state index is 0.125. The molecular formula is C49H36BN3. The summed E-state index contributed by atoms with van der Waals surface area (Å²) in [6, 6.07) is 59.9. The second kappa shape index (κ2) is 12.5. The molecule has 2 aliphatic heterocycles. The van der Waals surface area contributed by atoms with E-state index in [0.717, 1.165) is 11.4 Å². The van der Waals surface area contributed by atoms with Gasteiger partial charge < -0.3 is 14.2 Å². The number of nitrogens with zero attached hydrogens (tertiary/aromatic N) is 3. The number of fused-ring (bicyclic) bond motifs is 7. The SMILES string of the molecule is C=C/C=C(\C=C/C)N1B2c3c(cccc3-c3cc(-c4ccc5c(c4)c4ccccc4n5-c4ccccc4)ccc3N2c2ccccc2)-c2ccccc21. The van der Waals surface area contributed by atoms with Crippen molar-refractivity contribution in [1.29, 1.82) is 0 Å². The van der Waals surface area contributed by atoms with Gasteiger partial charge in [0, 0.05) is 50.3 Å². The maximum absolute atomic E-state index is 4.11. The highest BCUT2D eigenvalue weighted by Crippen LogP contribution is 2.49. The Bertz CT molecular complexity index is 2780. The van der Waals surface area contributed by atoms with Crippen molar-refractivity contribution in [2.45, 2.75) is 6.92 Å². The first-order valence-corrected chi connectivity index (χ1v) is 18.3. The van der Waals surface area contributed by atoms with Crippen LogP contribution in [0.5, 0.6) is 0 Å². The number of hydrogen-bond donors (Lipinski definition) is 0. The molecule has 0 fully saturated rings. The number of benzene rings is 7. The number of para-hydroxylation sites is 4. The summed E-state index contributed by atoms with van der Waals surface area (Å²) in [5.41, 5.74) is 16.9. The van der Waals surface area contributed by atoms with Gasteiger partial charge in [-0.15, -0.1) is 0 Å². The largest absolute Gasteiger partial charge is 0.421 e. The van der Waals surface area contributed by atoms with Crippen molar-refractivity contribution < 1.29 is 0 Å². The summed E-state index contributed by atoms with van der Waals surface area (Å²) in [5.74, 6) is 0. The van der Waals surface area contributed by atoms with Crippen LogP contribution >= 0.6 is 0 Å². The van der Waals surface area contributed by atoms with Gasteiger partial charge in [-0.05, 0) is 107 Å². The molecule has 0 aliphatic carbocycles. The van der Waals surface area contributed by atoms with E-state index in [0.29, 0.717) is 0 Å². The standard InChI is InChI=1S/C49H36BN3/c1-3-16-37(17-4-2)52-47-27-14-12-22-39(47)41-24-15-25-42-44-33-35(29-31-48(44)53(50(52)49(41)42)38-20-9-6-10-21-38)34-28-30-46-43(32-34)40-23-11-13-26-45(40)51(46)36-18-7-5-8-19-36/h3-33H,1H2,2H3/b17-4-,37-16+. The normalized spacial score (nSPS) is 13.4. The maximum atomic E-state index is 4.11. The highest BCUT2D eigenvalue weighted by atomic mass is 15.2. The molecule has 0 atom stereocenters. The molecule has 0 unspecified atom stereocenters. The second-order valence-electron chi connectivity index (χ2n) is 13.7. The fourth-order valence-electron chi connectivity index (χ4n) is 8.67. The summed E-state index contributed by atoms with van der Waals surface area (Å²) in [6.45, 7) is 6.07. The molecule has 0 bridgehead atoms. The summed E-state index contributed by atoms with van der Waals surface area (Å²) in [6.07, 6.45) is 8.32. The summed E-state index contributed by atoms with van der Waals surface area (Å²) < 4.78 is 2.38. The molecule has 3 nitrogen and oxygen atoms in total. The van der Waals surface area contributed by atoms with E-state index in [9.17, 15) is 0 Å². The van der Waals surface area contributed by atoms with E-state index in [-0.39, 0.29) is 6.98 Å². The first kappa shape index (κ1) is 31.0. The average molecular weight is 678 g/mol. The van der Waals surface area contributed by atoms with Gasteiger partial charge in [0.15, 0.2) is 0 Å². The lowest BCUT2D eigenvalue weighted by Gasteiger charge is -2.48. The van der Waals surface area contributed by atoms with Gasteiger partial charge in [0.05, 0.1) is 11.0 Å². The van der Waals surface area contributed by atoms with Crippen LogP contribution in [0, 0.1) is 0 Å². The van der Waals surface area contributed by atoms with Gasteiger partial charge in [-0.3, -0.25) is 0 Å². The highest BCUT2D eigenvalue weighted by Gasteiger charge is 2.46. The molecular weight excluding hydrogens is 641 g/mol. The Labute approximate surface area is 310 Å². The van der Waals surface area contributed by atoms with E-state index in [1.165, 1.54) is 77.7 Å². The number of hydrogen-bond acceptors (Lipinski definition) is 2. The zero-order valence-electron chi connectivity index (χ0n) is 29.5. The predicted molar refractivity (Wildman–Crippen MR) is 227 cm³/mol. The zero-order chi connectivity index (χ0) is 35.5. The minimum atomic E-state index is -0.125. The Hall–Kier alpha value is -6.78. The summed E-state index contributed by atoms with van der Waals surface area (Å²) in [5, 5.41) is 2.50. The van der Waals surface area contributed by atoms with Crippen LogP contribution in [0.2, 0.25) is 0 Å². The topological polar surface area (TPSA) is 11.4 Å². The van der Waals surface area contributed by atoms with Crippen LogP contribution in [0.15, 0.2) is 200 Å². The molecule has 0 amide bonds. The molecule has 7 aromatic carbocycles. The third kappa shape index (κ3) is 4.76. The first-order chi connectivity index (χ1) is 26.2. The molecule has 53 heavy (non-hydrogen) atoms. The van der Waals surface area contributed by atoms with Crippen LogP contribution in [0.4, 0.5) is 17.1 Å². The summed E-state index contributed by atoms with van der Waals surface area (Å²) >= 11 is 0. The fourth-order valence-corrected chi connectivity index (χ4v) is 8.67. The van der Waals surface area contributed by atoms with Crippen LogP contribution < -0.4 is 15.1 Å². The lowest BCUT2D eigenvalue weighted by Crippen LogP contribution is -2.63. The Morgan fingerprint density at radius 3 is 1.98 bits per heavy atom. The van der Waals surface area contributed by atoms with Crippen molar-refractivity contribution in [3.8, 4) is 39.1 Å². The molecule has 0 radical (unpaired) electrons. The molecule has 10 rings (SSSR count). The third-order valence-corrected chi connectivity index (χ3v) is 10.8. The molecule has 2 aliphatic rings. The third-order valence-electron chi connectivity index (χ3n) is 10.8. The van der Waals surface area contributed by atoms with Crippen molar-refractivity contribution >= 4 is 51.3 Å². The Morgan fingerprint density at radius 2 is 1.19 bits per heavy atom. The number of aromatic nitrogens is 1. The number of anilines is 3. The van der Waals surface area contributed by atoms with Crippen molar-refractivity contribution in [3.63, 3.8) is 0 Å². The van der Waals surface area contributed by atoms with Gasteiger partial charge in [-0.25, -0.2) is 0 Å². The summed E-state index contributed by atoms with van der Waals surface area (Å²) in [4.78, 5) is 5.02. The fraction of sp³-hybridized carbons (Fsp3) is 0.0204. The van der Waals surface area contributed by atoms with Gasteiger partial charge in [0.2, 0.25) is 0 Å². The molecule has 0 saturated carbocycles. The summed E-state index contributed by atoms with van der Waals surface area (Å²) in [7, 11) is 0. The van der Waals surface area contributed by atoms with Crippen molar-refractivity contribution in [2.24, 2.45) is 0 Å². The van der Waals surface area contributed by atoms with Crippen LogP contribution in [-0.2, 0) is 0 Å². The molecule has 4 heteroatoms. The minimum Gasteiger partial charge on any atom is -0.361 e. The first-order valence-electron chi connectivity index (χ1n) is 18.3. The molecule has 0 spiro atoms. The Balaban J connectivity index is 1.21. The molecule has 250 valence electrons. The van der Waals surface area contributed by atoms with Gasteiger partial charge in [0.25, 0.3) is 0 Å².